The second-order valence-electron chi connectivity index (χ2n) is 6.58. The number of hydrogen-bond acceptors (Lipinski definition) is 7. The second-order valence-corrected chi connectivity index (χ2v) is 7.59. The Morgan fingerprint density at radius 2 is 2.07 bits per heavy atom. The predicted octanol–water partition coefficient (Wildman–Crippen LogP) is 3.02. The molecule has 7 nitrogen and oxygen atoms in total. The second kappa shape index (κ2) is 7.84. The van der Waals surface area contributed by atoms with Crippen LogP contribution in [0.2, 0.25) is 0 Å². The van der Waals surface area contributed by atoms with Gasteiger partial charge in [0.1, 0.15) is 11.6 Å². The van der Waals surface area contributed by atoms with Gasteiger partial charge in [0.05, 0.1) is 30.7 Å². The number of ether oxygens (including phenoxy) is 2. The van der Waals surface area contributed by atoms with Crippen LogP contribution >= 0.6 is 11.3 Å². The summed E-state index contributed by atoms with van der Waals surface area (Å²) in [6, 6.07) is 7.94. The summed E-state index contributed by atoms with van der Waals surface area (Å²) in [6.45, 7) is 7.51. The molecule has 1 N–H and O–H groups in total. The highest BCUT2D eigenvalue weighted by atomic mass is 32.1. The number of nitrogens with zero attached hydrogens (tertiary/aromatic N) is 4. The van der Waals surface area contributed by atoms with E-state index in [2.05, 4.69) is 28.0 Å². The summed E-state index contributed by atoms with van der Waals surface area (Å²) in [4.78, 5) is 8.28. The average Bonchev–Trinajstić information content (AvgIpc) is 3.20. The lowest BCUT2D eigenvalue weighted by atomic mass is 10.0. The van der Waals surface area contributed by atoms with Gasteiger partial charge in [0.2, 0.25) is 10.8 Å². The maximum Gasteiger partial charge on any atom is 0.230 e. The first-order valence-electron chi connectivity index (χ1n) is 9.27. The molecule has 2 aromatic heterocycles. The number of para-hydroxylation sites is 1. The third-order valence-corrected chi connectivity index (χ3v) is 5.71. The Kier molecular flexibility index (Phi) is 5.29. The number of benzene rings is 1. The highest BCUT2D eigenvalue weighted by Gasteiger charge is 2.32. The van der Waals surface area contributed by atoms with Gasteiger partial charge in [-0.2, -0.15) is 4.52 Å². The summed E-state index contributed by atoms with van der Waals surface area (Å²) in [7, 11) is 0. The van der Waals surface area contributed by atoms with Gasteiger partial charge in [-0.1, -0.05) is 36.5 Å². The van der Waals surface area contributed by atoms with Crippen molar-refractivity contribution in [2.24, 2.45) is 0 Å². The fraction of sp³-hybridized carbons (Fsp3) is 0.474. The molecule has 0 aliphatic carbocycles. The zero-order chi connectivity index (χ0) is 18.8. The molecule has 0 saturated carbocycles. The van der Waals surface area contributed by atoms with Crippen molar-refractivity contribution in [1.82, 2.24) is 19.5 Å². The van der Waals surface area contributed by atoms with E-state index in [1.54, 1.807) is 0 Å². The van der Waals surface area contributed by atoms with Gasteiger partial charge >= 0.3 is 0 Å². The molecule has 0 radical (unpaired) electrons. The summed E-state index contributed by atoms with van der Waals surface area (Å²) in [6.07, 6.45) is 0.942. The molecule has 1 unspecified atom stereocenters. The first-order chi connectivity index (χ1) is 13.2. The van der Waals surface area contributed by atoms with Crippen molar-refractivity contribution in [3.63, 3.8) is 0 Å². The number of aryl methyl sites for hydroxylation is 1. The summed E-state index contributed by atoms with van der Waals surface area (Å²) >= 11 is 1.48. The Labute approximate surface area is 162 Å². The van der Waals surface area contributed by atoms with Crippen molar-refractivity contribution in [2.75, 3.05) is 32.9 Å². The molecule has 1 saturated heterocycles. The van der Waals surface area contributed by atoms with Crippen LogP contribution in [0, 0.1) is 6.92 Å². The summed E-state index contributed by atoms with van der Waals surface area (Å²) in [5.74, 6) is 1.65. The van der Waals surface area contributed by atoms with Gasteiger partial charge in [0.15, 0.2) is 0 Å². The van der Waals surface area contributed by atoms with Crippen LogP contribution in [0.5, 0.6) is 11.6 Å². The standard InChI is InChI=1S/C19H24N4O3S/c1-3-10-26-15-7-5-4-6-14(15)16(22-8-11-25-12-9-22)17-18(24)23-19(27-17)20-13(2)21-23/h4-7,16,24H,3,8-12H2,1-2H3. The van der Waals surface area contributed by atoms with Crippen molar-refractivity contribution in [3.05, 3.63) is 40.5 Å². The molecule has 4 rings (SSSR count). The zero-order valence-electron chi connectivity index (χ0n) is 15.6. The first-order valence-corrected chi connectivity index (χ1v) is 10.1. The smallest absolute Gasteiger partial charge is 0.230 e. The van der Waals surface area contributed by atoms with E-state index in [-0.39, 0.29) is 11.9 Å². The van der Waals surface area contributed by atoms with Gasteiger partial charge in [-0.3, -0.25) is 4.90 Å². The van der Waals surface area contributed by atoms with Crippen molar-refractivity contribution >= 4 is 16.3 Å². The van der Waals surface area contributed by atoms with Crippen LogP contribution < -0.4 is 4.74 Å². The molecular formula is C19H24N4O3S. The lowest BCUT2D eigenvalue weighted by molar-refractivity contribution is 0.0236. The molecule has 1 aromatic carbocycles. The molecule has 1 fully saturated rings. The van der Waals surface area contributed by atoms with Gasteiger partial charge in [-0.05, 0) is 19.4 Å². The van der Waals surface area contributed by atoms with Crippen LogP contribution in [-0.2, 0) is 4.74 Å². The number of thiazole rings is 1. The Hall–Kier alpha value is -2.16. The molecule has 0 bridgehead atoms. The summed E-state index contributed by atoms with van der Waals surface area (Å²) < 4.78 is 13.1. The highest BCUT2D eigenvalue weighted by Crippen LogP contribution is 2.42. The minimum absolute atomic E-state index is 0.129. The largest absolute Gasteiger partial charge is 0.493 e. The molecule has 3 heterocycles. The molecule has 1 aliphatic heterocycles. The third-order valence-electron chi connectivity index (χ3n) is 4.64. The van der Waals surface area contributed by atoms with Crippen LogP contribution in [0.4, 0.5) is 0 Å². The minimum atomic E-state index is -0.129. The van der Waals surface area contributed by atoms with E-state index in [4.69, 9.17) is 9.47 Å². The molecule has 0 amide bonds. The number of aromatic nitrogens is 3. The SMILES string of the molecule is CCCOc1ccccc1C(c1sc2nc(C)nn2c1O)N1CCOCC1. The van der Waals surface area contributed by atoms with Gasteiger partial charge in [-0.15, -0.1) is 5.10 Å². The Balaban J connectivity index is 1.82. The quantitative estimate of drug-likeness (QED) is 0.700. The summed E-state index contributed by atoms with van der Waals surface area (Å²) in [5, 5.41) is 15.2. The lowest BCUT2D eigenvalue weighted by Gasteiger charge is -2.34. The van der Waals surface area contributed by atoms with E-state index in [1.807, 2.05) is 25.1 Å². The Morgan fingerprint density at radius 1 is 1.30 bits per heavy atom. The number of morpholine rings is 1. The van der Waals surface area contributed by atoms with Crippen molar-refractivity contribution in [3.8, 4) is 11.6 Å². The molecule has 0 spiro atoms. The van der Waals surface area contributed by atoms with E-state index < -0.39 is 0 Å². The fourth-order valence-corrected chi connectivity index (χ4v) is 4.57. The highest BCUT2D eigenvalue weighted by molar-refractivity contribution is 7.17. The number of fused-ring (bicyclic) bond motifs is 1. The van der Waals surface area contributed by atoms with E-state index >= 15 is 0 Å². The molecule has 8 heteroatoms. The molecule has 27 heavy (non-hydrogen) atoms. The predicted molar refractivity (Wildman–Crippen MR) is 104 cm³/mol. The molecule has 144 valence electrons. The molecule has 1 aliphatic rings. The van der Waals surface area contributed by atoms with E-state index in [9.17, 15) is 5.11 Å². The number of rotatable bonds is 6. The van der Waals surface area contributed by atoms with Gasteiger partial charge in [0, 0.05) is 18.7 Å². The van der Waals surface area contributed by atoms with Crippen LogP contribution in [0.15, 0.2) is 24.3 Å². The monoisotopic (exact) mass is 388 g/mol. The Morgan fingerprint density at radius 3 is 2.81 bits per heavy atom. The van der Waals surface area contributed by atoms with E-state index in [0.717, 1.165) is 35.7 Å². The zero-order valence-corrected chi connectivity index (χ0v) is 16.4. The van der Waals surface area contributed by atoms with Crippen LogP contribution in [0.1, 0.15) is 35.7 Å². The van der Waals surface area contributed by atoms with Crippen LogP contribution in [-0.4, -0.2) is 57.5 Å². The number of aromatic hydroxyl groups is 1. The third kappa shape index (κ3) is 3.52. The number of hydrogen-bond donors (Lipinski definition) is 1. The average molecular weight is 388 g/mol. The normalized spacial score (nSPS) is 16.7. The first kappa shape index (κ1) is 18.2. The summed E-state index contributed by atoms with van der Waals surface area (Å²) in [5.41, 5.74) is 1.05. The van der Waals surface area contributed by atoms with E-state index in [1.165, 1.54) is 15.9 Å². The van der Waals surface area contributed by atoms with Gasteiger partial charge in [-0.25, -0.2) is 4.98 Å². The van der Waals surface area contributed by atoms with Gasteiger partial charge < -0.3 is 14.6 Å². The topological polar surface area (TPSA) is 72.1 Å². The van der Waals surface area contributed by atoms with Crippen molar-refractivity contribution in [1.29, 1.82) is 0 Å². The van der Waals surface area contributed by atoms with Crippen molar-refractivity contribution < 1.29 is 14.6 Å². The molecule has 3 aromatic rings. The minimum Gasteiger partial charge on any atom is -0.493 e. The van der Waals surface area contributed by atoms with Crippen molar-refractivity contribution in [2.45, 2.75) is 26.3 Å². The van der Waals surface area contributed by atoms with Crippen LogP contribution in [0.3, 0.4) is 0 Å². The molecule has 1 atom stereocenters. The Bertz CT molecular complexity index is 917. The lowest BCUT2D eigenvalue weighted by Crippen LogP contribution is -2.39. The fourth-order valence-electron chi connectivity index (χ4n) is 3.42. The maximum absolute atomic E-state index is 10.9. The van der Waals surface area contributed by atoms with Crippen LogP contribution in [0.25, 0.3) is 4.96 Å². The van der Waals surface area contributed by atoms with E-state index in [0.29, 0.717) is 30.6 Å². The maximum atomic E-state index is 10.9. The molecular weight excluding hydrogens is 364 g/mol. The van der Waals surface area contributed by atoms with Gasteiger partial charge in [0.25, 0.3) is 0 Å².